The van der Waals surface area contributed by atoms with Crippen molar-refractivity contribution in [3.63, 3.8) is 0 Å². The van der Waals surface area contributed by atoms with Crippen LogP contribution in [-0.2, 0) is 9.47 Å². The maximum Gasteiger partial charge on any atom is 0.268 e. The molecule has 7 heteroatoms. The molecule has 214 valence electrons. The Kier molecular flexibility index (Phi) is 12.4. The molecule has 3 rings (SSSR count). The summed E-state index contributed by atoms with van der Waals surface area (Å²) in [4.78, 5) is 15.5. The van der Waals surface area contributed by atoms with Gasteiger partial charge in [0.25, 0.3) is 11.1 Å². The Morgan fingerprint density at radius 3 is 2.15 bits per heavy atom. The van der Waals surface area contributed by atoms with Crippen LogP contribution in [0.4, 0.5) is 0 Å². The van der Waals surface area contributed by atoms with Gasteiger partial charge in [0.2, 0.25) is 0 Å². The molecular weight excluding hydrogens is 522 g/mol. The summed E-state index contributed by atoms with van der Waals surface area (Å²) in [6.07, 6.45) is 6.12. The normalized spacial score (nSPS) is 19.2. The molecule has 1 heterocycles. The minimum absolute atomic E-state index is 0.00687. The molecule has 3 unspecified atom stereocenters. The van der Waals surface area contributed by atoms with E-state index in [0.29, 0.717) is 29.2 Å². The van der Waals surface area contributed by atoms with E-state index in [1.165, 1.54) is 19.1 Å². The molecule has 2 aromatic rings. The lowest BCUT2D eigenvalue weighted by Crippen LogP contribution is -2.52. The lowest BCUT2D eigenvalue weighted by Gasteiger charge is -2.41. The van der Waals surface area contributed by atoms with Gasteiger partial charge in [-0.1, -0.05) is 95.5 Å². The summed E-state index contributed by atoms with van der Waals surface area (Å²) >= 11 is 5.72. The highest BCUT2D eigenvalue weighted by Crippen LogP contribution is 2.49. The predicted molar refractivity (Wildman–Crippen MR) is 166 cm³/mol. The van der Waals surface area contributed by atoms with E-state index in [1.807, 2.05) is 44.2 Å². The maximum absolute atomic E-state index is 14.0. The Morgan fingerprint density at radius 2 is 1.68 bits per heavy atom. The van der Waals surface area contributed by atoms with Gasteiger partial charge in [0.15, 0.2) is 5.60 Å². The van der Waals surface area contributed by atoms with Gasteiger partial charge in [0, 0.05) is 23.8 Å². The van der Waals surface area contributed by atoms with Gasteiger partial charge < -0.3 is 18.9 Å². The van der Waals surface area contributed by atoms with E-state index in [4.69, 9.17) is 31.2 Å². The van der Waals surface area contributed by atoms with Gasteiger partial charge >= 0.3 is 0 Å². The van der Waals surface area contributed by atoms with Gasteiger partial charge in [-0.15, -0.1) is 6.58 Å². The van der Waals surface area contributed by atoms with E-state index in [0.717, 1.165) is 5.56 Å². The fraction of sp³-hybridized carbons (Fsp3) is 0.333. The topological polar surface area (TPSA) is 57.2 Å². The Morgan fingerprint density at radius 1 is 1.07 bits per heavy atom. The zero-order valence-electron chi connectivity index (χ0n) is 24.4. The van der Waals surface area contributed by atoms with Gasteiger partial charge in [0.1, 0.15) is 23.6 Å². The second-order valence-corrected chi connectivity index (χ2v) is 9.55. The second kappa shape index (κ2) is 15.2. The highest BCUT2D eigenvalue weighted by molar-refractivity contribution is 7.80. The van der Waals surface area contributed by atoms with E-state index in [-0.39, 0.29) is 11.1 Å². The number of amides is 1. The number of ether oxygens (including phenoxy) is 4. The number of hydrogen-bond donors (Lipinski definition) is 0. The second-order valence-electron chi connectivity index (χ2n) is 9.20. The molecule has 0 spiro atoms. The molecule has 0 saturated carbocycles. The van der Waals surface area contributed by atoms with Crippen LogP contribution in [0.2, 0.25) is 0 Å². The lowest BCUT2D eigenvalue weighted by atomic mass is 9.77. The minimum Gasteiger partial charge on any atom is -0.497 e. The number of methoxy groups -OCH3 is 2. The summed E-state index contributed by atoms with van der Waals surface area (Å²) < 4.78 is 23.9. The molecule has 0 N–H and O–H groups in total. The first-order valence-corrected chi connectivity index (χ1v) is 13.7. The number of thiocarbonyl (C=S) groups is 1. The van der Waals surface area contributed by atoms with Crippen LogP contribution in [0.5, 0.6) is 11.5 Å². The molecule has 0 aliphatic carbocycles. The lowest BCUT2D eigenvalue weighted by molar-refractivity contribution is -0.0814. The molecule has 1 fully saturated rings. The first-order chi connectivity index (χ1) is 19.3. The summed E-state index contributed by atoms with van der Waals surface area (Å²) in [6, 6.07) is 13.9. The summed E-state index contributed by atoms with van der Waals surface area (Å²) in [7, 11) is 3.05. The molecule has 6 nitrogen and oxygen atoms in total. The third kappa shape index (κ3) is 6.72. The van der Waals surface area contributed by atoms with Crippen molar-refractivity contribution in [3.8, 4) is 11.5 Å². The quantitative estimate of drug-likeness (QED) is 0.151. The van der Waals surface area contributed by atoms with Gasteiger partial charge in [0.05, 0.1) is 14.2 Å². The van der Waals surface area contributed by atoms with E-state index >= 15 is 0 Å². The zero-order valence-corrected chi connectivity index (χ0v) is 25.2. The van der Waals surface area contributed by atoms with Crippen molar-refractivity contribution in [2.75, 3.05) is 20.8 Å². The number of hydrogen-bond acceptors (Lipinski definition) is 6. The summed E-state index contributed by atoms with van der Waals surface area (Å²) in [6.45, 7) is 20.6. The minimum atomic E-state index is -1.29. The molecule has 2 aromatic carbocycles. The van der Waals surface area contributed by atoms with Crippen molar-refractivity contribution in [1.29, 1.82) is 0 Å². The van der Waals surface area contributed by atoms with E-state index in [9.17, 15) is 4.79 Å². The molecule has 40 heavy (non-hydrogen) atoms. The average Bonchev–Trinajstić information content (AvgIpc) is 3.28. The maximum atomic E-state index is 14.0. The monoisotopic (exact) mass is 563 g/mol. The van der Waals surface area contributed by atoms with Gasteiger partial charge in [-0.3, -0.25) is 9.69 Å². The number of carbonyl (C=O) groups excluding carboxylic acids is 1. The zero-order chi connectivity index (χ0) is 29.9. The first-order valence-electron chi connectivity index (χ1n) is 13.3. The Hall–Kier alpha value is -3.68. The van der Waals surface area contributed by atoms with Crippen LogP contribution in [0.3, 0.4) is 0 Å². The standard InChI is InChI=1S/C31H35NO5S.C2H6/c1-8-14-24(9-2)31(28(36-20-21(4)5)22-15-12-11-13-16-22)27(10-3)32(30(38)37-31)29(33)23-17-25(34-6)19-26(18-23)35-7;1-2/h8-19,21,27-28H,1-3,20H2,4-7H3;1-2H3/b24-14+;. The third-order valence-corrected chi connectivity index (χ3v) is 6.55. The molecule has 1 aliphatic heterocycles. The van der Waals surface area contributed by atoms with E-state index in [2.05, 4.69) is 33.6 Å². The first kappa shape index (κ1) is 32.5. The molecular formula is C33H41NO5S. The summed E-state index contributed by atoms with van der Waals surface area (Å²) in [5.41, 5.74) is 0.541. The number of carbonyl (C=O) groups is 1. The smallest absolute Gasteiger partial charge is 0.268 e. The van der Waals surface area contributed by atoms with Crippen molar-refractivity contribution in [2.24, 2.45) is 5.92 Å². The predicted octanol–water partition coefficient (Wildman–Crippen LogP) is 7.49. The van der Waals surface area contributed by atoms with Gasteiger partial charge in [-0.05, 0) is 35.8 Å². The van der Waals surface area contributed by atoms with Crippen LogP contribution in [0, 0.1) is 5.92 Å². The Labute approximate surface area is 244 Å². The van der Waals surface area contributed by atoms with Crippen LogP contribution in [0.15, 0.2) is 98.1 Å². The molecule has 0 bridgehead atoms. The van der Waals surface area contributed by atoms with Crippen molar-refractivity contribution in [3.05, 3.63) is 109 Å². The fourth-order valence-corrected chi connectivity index (χ4v) is 4.91. The number of rotatable bonds is 12. The number of allylic oxidation sites excluding steroid dienone is 2. The van der Waals surface area contributed by atoms with Crippen molar-refractivity contribution in [2.45, 2.75) is 45.4 Å². The molecule has 1 saturated heterocycles. The summed E-state index contributed by atoms with van der Waals surface area (Å²) in [5.74, 6) is 0.796. The van der Waals surface area contributed by atoms with Crippen LogP contribution in [0.1, 0.15) is 49.7 Å². The summed E-state index contributed by atoms with van der Waals surface area (Å²) in [5, 5.41) is -0.00687. The third-order valence-electron chi connectivity index (χ3n) is 6.27. The average molecular weight is 564 g/mol. The Balaban J connectivity index is 0.00000274. The molecule has 1 amide bonds. The molecule has 0 aromatic heterocycles. The molecule has 0 radical (unpaired) electrons. The van der Waals surface area contributed by atoms with E-state index in [1.54, 1.807) is 42.5 Å². The van der Waals surface area contributed by atoms with Crippen molar-refractivity contribution in [1.82, 2.24) is 4.90 Å². The Bertz CT molecular complexity index is 1200. The van der Waals surface area contributed by atoms with Crippen LogP contribution < -0.4 is 9.47 Å². The largest absolute Gasteiger partial charge is 0.497 e. The van der Waals surface area contributed by atoms with Crippen molar-refractivity contribution >= 4 is 23.3 Å². The van der Waals surface area contributed by atoms with Crippen LogP contribution >= 0.6 is 12.2 Å². The van der Waals surface area contributed by atoms with E-state index < -0.39 is 23.7 Å². The SMILES string of the molecule is C=C/C=C(\C=C)C1(C(OCC(C)C)c2ccccc2)OC(=S)N(C(=O)c2cc(OC)cc(OC)c2)C1C=C.CC. The fourth-order valence-electron chi connectivity index (χ4n) is 4.58. The molecule has 3 atom stereocenters. The van der Waals surface area contributed by atoms with Crippen LogP contribution in [0.25, 0.3) is 0 Å². The molecule has 1 aliphatic rings. The number of benzene rings is 2. The van der Waals surface area contributed by atoms with Gasteiger partial charge in [-0.2, -0.15) is 0 Å². The number of nitrogens with zero attached hydrogens (tertiary/aromatic N) is 1. The highest BCUT2D eigenvalue weighted by atomic mass is 32.1. The van der Waals surface area contributed by atoms with Crippen molar-refractivity contribution < 1.29 is 23.7 Å². The van der Waals surface area contributed by atoms with Gasteiger partial charge in [-0.25, -0.2) is 0 Å². The highest BCUT2D eigenvalue weighted by Gasteiger charge is 2.60. The van der Waals surface area contributed by atoms with Crippen LogP contribution in [-0.4, -0.2) is 48.5 Å².